The van der Waals surface area contributed by atoms with Gasteiger partial charge in [-0.2, -0.15) is 11.8 Å². The Bertz CT molecular complexity index is 191. The highest BCUT2D eigenvalue weighted by atomic mass is 32.2. The van der Waals surface area contributed by atoms with Crippen LogP contribution in [0.25, 0.3) is 0 Å². The molecule has 0 saturated heterocycles. The van der Waals surface area contributed by atoms with Crippen molar-refractivity contribution in [2.75, 3.05) is 5.75 Å². The van der Waals surface area contributed by atoms with Gasteiger partial charge in [0, 0.05) is 17.3 Å². The predicted molar refractivity (Wildman–Crippen MR) is 69.5 cm³/mol. The molecule has 0 aliphatic heterocycles. The second kappa shape index (κ2) is 5.58. The maximum Gasteiger partial charge on any atom is 0.00953 e. The lowest BCUT2D eigenvalue weighted by atomic mass is 10.1. The van der Waals surface area contributed by atoms with Gasteiger partial charge in [-0.1, -0.05) is 13.8 Å². The minimum Gasteiger partial charge on any atom is -0.311 e. The molecule has 0 bridgehead atoms. The average Bonchev–Trinajstić information content (AvgIpc) is 2.98. The molecular weight excluding hydrogens is 202 g/mol. The molecule has 2 saturated carbocycles. The summed E-state index contributed by atoms with van der Waals surface area (Å²) in [5.41, 5.74) is 0. The summed E-state index contributed by atoms with van der Waals surface area (Å²) >= 11 is 2.16. The van der Waals surface area contributed by atoms with Gasteiger partial charge in [0.15, 0.2) is 0 Å². The van der Waals surface area contributed by atoms with Crippen LogP contribution >= 0.6 is 11.8 Å². The summed E-state index contributed by atoms with van der Waals surface area (Å²) in [4.78, 5) is 0. The Labute approximate surface area is 98.8 Å². The number of hydrogen-bond acceptors (Lipinski definition) is 2. The van der Waals surface area contributed by atoms with Crippen molar-refractivity contribution in [3.05, 3.63) is 0 Å². The largest absolute Gasteiger partial charge is 0.311 e. The highest BCUT2D eigenvalue weighted by molar-refractivity contribution is 7.99. The Morgan fingerprint density at radius 3 is 2.60 bits per heavy atom. The van der Waals surface area contributed by atoms with Gasteiger partial charge in [0.2, 0.25) is 0 Å². The molecule has 1 nitrogen and oxygen atoms in total. The van der Waals surface area contributed by atoms with E-state index in [1.807, 2.05) is 0 Å². The van der Waals surface area contributed by atoms with Crippen LogP contribution in [-0.2, 0) is 0 Å². The smallest absolute Gasteiger partial charge is 0.00953 e. The molecule has 1 N–H and O–H groups in total. The van der Waals surface area contributed by atoms with E-state index in [4.69, 9.17) is 0 Å². The molecular formula is C13H25NS. The fourth-order valence-electron chi connectivity index (χ4n) is 2.87. The molecule has 0 aromatic carbocycles. The lowest BCUT2D eigenvalue weighted by Crippen LogP contribution is -2.38. The van der Waals surface area contributed by atoms with Gasteiger partial charge < -0.3 is 5.32 Å². The van der Waals surface area contributed by atoms with Crippen LogP contribution in [0, 0.1) is 5.92 Å². The minimum atomic E-state index is 0.833. The van der Waals surface area contributed by atoms with Crippen molar-refractivity contribution in [2.24, 2.45) is 5.92 Å². The van der Waals surface area contributed by atoms with Gasteiger partial charge in [-0.05, 0) is 50.2 Å². The van der Waals surface area contributed by atoms with Crippen LogP contribution in [0.3, 0.4) is 0 Å². The third-order valence-corrected chi connectivity index (χ3v) is 5.10. The van der Waals surface area contributed by atoms with Crippen molar-refractivity contribution >= 4 is 11.8 Å². The summed E-state index contributed by atoms with van der Waals surface area (Å²) in [6.07, 6.45) is 8.56. The van der Waals surface area contributed by atoms with E-state index in [2.05, 4.69) is 30.9 Å². The van der Waals surface area contributed by atoms with Crippen LogP contribution < -0.4 is 5.32 Å². The van der Waals surface area contributed by atoms with E-state index < -0.39 is 0 Å². The van der Waals surface area contributed by atoms with Gasteiger partial charge in [-0.15, -0.1) is 0 Å². The highest BCUT2D eigenvalue weighted by Crippen LogP contribution is 2.36. The van der Waals surface area contributed by atoms with E-state index in [0.717, 1.165) is 23.3 Å². The molecule has 2 aliphatic rings. The summed E-state index contributed by atoms with van der Waals surface area (Å²) in [6.45, 7) is 4.62. The van der Waals surface area contributed by atoms with E-state index >= 15 is 0 Å². The zero-order valence-corrected chi connectivity index (χ0v) is 11.0. The van der Waals surface area contributed by atoms with Crippen LogP contribution in [-0.4, -0.2) is 23.1 Å². The lowest BCUT2D eigenvalue weighted by molar-refractivity contribution is 0.387. The maximum atomic E-state index is 3.90. The Hall–Kier alpha value is 0.310. The first-order valence-electron chi connectivity index (χ1n) is 6.71. The molecule has 88 valence electrons. The molecule has 0 radical (unpaired) electrons. The monoisotopic (exact) mass is 227 g/mol. The third kappa shape index (κ3) is 3.39. The van der Waals surface area contributed by atoms with Crippen LogP contribution in [0.1, 0.15) is 52.4 Å². The van der Waals surface area contributed by atoms with Gasteiger partial charge in [0.25, 0.3) is 0 Å². The number of rotatable bonds is 6. The van der Waals surface area contributed by atoms with Crippen molar-refractivity contribution in [2.45, 2.75) is 69.7 Å². The second-order valence-electron chi connectivity index (χ2n) is 5.11. The maximum absolute atomic E-state index is 3.90. The Morgan fingerprint density at radius 2 is 2.00 bits per heavy atom. The summed E-state index contributed by atoms with van der Waals surface area (Å²) in [6, 6.07) is 1.67. The number of nitrogens with one attached hydrogen (secondary N) is 1. The highest BCUT2D eigenvalue weighted by Gasteiger charge is 2.33. The molecule has 15 heavy (non-hydrogen) atoms. The van der Waals surface area contributed by atoms with Crippen LogP contribution in [0.15, 0.2) is 0 Å². The average molecular weight is 227 g/mol. The van der Waals surface area contributed by atoms with Crippen molar-refractivity contribution in [3.8, 4) is 0 Å². The molecule has 3 unspecified atom stereocenters. The van der Waals surface area contributed by atoms with E-state index in [1.165, 1.54) is 44.3 Å². The molecule has 0 spiro atoms. The molecule has 0 heterocycles. The van der Waals surface area contributed by atoms with Crippen molar-refractivity contribution in [3.63, 3.8) is 0 Å². The molecule has 2 rings (SSSR count). The van der Waals surface area contributed by atoms with E-state index in [0.29, 0.717) is 0 Å². The third-order valence-electron chi connectivity index (χ3n) is 3.87. The fraction of sp³-hybridized carbons (Fsp3) is 1.00. The van der Waals surface area contributed by atoms with Gasteiger partial charge in [0.05, 0.1) is 0 Å². The number of thioether (sulfide) groups is 1. The second-order valence-corrected chi connectivity index (χ2v) is 6.68. The fourth-order valence-corrected chi connectivity index (χ4v) is 4.01. The van der Waals surface area contributed by atoms with Gasteiger partial charge in [-0.3, -0.25) is 0 Å². The standard InChI is InChI=1S/C13H25NS/c1-3-13(10-5-6-10)14-11-7-8-12(9-11)15-4-2/h10-14H,3-9H2,1-2H3. The van der Waals surface area contributed by atoms with Crippen molar-refractivity contribution in [1.82, 2.24) is 5.32 Å². The predicted octanol–water partition coefficient (Wildman–Crippen LogP) is 3.44. The summed E-state index contributed by atoms with van der Waals surface area (Å²) in [5, 5.41) is 4.85. The first-order chi connectivity index (χ1) is 7.33. The Balaban J connectivity index is 1.70. The zero-order chi connectivity index (χ0) is 10.7. The summed E-state index contributed by atoms with van der Waals surface area (Å²) in [5.74, 6) is 2.31. The molecule has 2 aliphatic carbocycles. The van der Waals surface area contributed by atoms with E-state index in [-0.39, 0.29) is 0 Å². The topological polar surface area (TPSA) is 12.0 Å². The lowest BCUT2D eigenvalue weighted by Gasteiger charge is -2.21. The van der Waals surface area contributed by atoms with E-state index in [9.17, 15) is 0 Å². The molecule has 0 aromatic heterocycles. The van der Waals surface area contributed by atoms with Crippen molar-refractivity contribution < 1.29 is 0 Å². The minimum absolute atomic E-state index is 0.833. The Morgan fingerprint density at radius 1 is 1.20 bits per heavy atom. The SMILES string of the molecule is CCSC1CCC(NC(CC)C2CC2)C1. The Kier molecular flexibility index (Phi) is 4.39. The van der Waals surface area contributed by atoms with Crippen LogP contribution in [0.2, 0.25) is 0 Å². The molecule has 3 atom stereocenters. The molecule has 2 heteroatoms. The van der Waals surface area contributed by atoms with Crippen LogP contribution in [0.4, 0.5) is 0 Å². The summed E-state index contributed by atoms with van der Waals surface area (Å²) in [7, 11) is 0. The molecule has 0 aromatic rings. The normalized spacial score (nSPS) is 33.2. The van der Waals surface area contributed by atoms with E-state index in [1.54, 1.807) is 0 Å². The quantitative estimate of drug-likeness (QED) is 0.746. The zero-order valence-electron chi connectivity index (χ0n) is 10.2. The van der Waals surface area contributed by atoms with Crippen LogP contribution in [0.5, 0.6) is 0 Å². The first kappa shape index (κ1) is 11.8. The molecule has 2 fully saturated rings. The molecule has 0 amide bonds. The van der Waals surface area contributed by atoms with Gasteiger partial charge in [0.1, 0.15) is 0 Å². The van der Waals surface area contributed by atoms with Gasteiger partial charge in [-0.25, -0.2) is 0 Å². The first-order valence-corrected chi connectivity index (χ1v) is 7.76. The van der Waals surface area contributed by atoms with Crippen molar-refractivity contribution in [1.29, 1.82) is 0 Å². The summed E-state index contributed by atoms with van der Waals surface area (Å²) < 4.78 is 0. The number of hydrogen-bond donors (Lipinski definition) is 1. The van der Waals surface area contributed by atoms with Gasteiger partial charge >= 0.3 is 0 Å².